The van der Waals surface area contributed by atoms with E-state index in [2.05, 4.69) is 66.3 Å². The molecule has 0 spiro atoms. The summed E-state index contributed by atoms with van der Waals surface area (Å²) < 4.78 is 8.13. The highest BCUT2D eigenvalue weighted by molar-refractivity contribution is 6.09. The maximum absolute atomic E-state index is 13.1. The van der Waals surface area contributed by atoms with E-state index < -0.39 is 5.41 Å². The number of aromatic amines is 1. The number of hydrogen-bond acceptors (Lipinski definition) is 3. The summed E-state index contributed by atoms with van der Waals surface area (Å²) in [5.41, 5.74) is 5.32. The first-order valence-electron chi connectivity index (χ1n) is 17.6. The van der Waals surface area contributed by atoms with E-state index in [-0.39, 0.29) is 5.78 Å². The number of fused-ring (bicyclic) bond motifs is 1. The van der Waals surface area contributed by atoms with E-state index in [1.807, 2.05) is 20.8 Å². The lowest BCUT2D eigenvalue weighted by atomic mass is 9.87. The van der Waals surface area contributed by atoms with Gasteiger partial charge < -0.3 is 4.74 Å². The number of aryl methyl sites for hydroxylation is 1. The molecule has 0 aliphatic carbocycles. The van der Waals surface area contributed by atoms with Crippen molar-refractivity contribution >= 4 is 17.1 Å². The van der Waals surface area contributed by atoms with Gasteiger partial charge in [0.15, 0.2) is 17.3 Å². The van der Waals surface area contributed by atoms with Crippen LogP contribution < -0.4 is 4.74 Å². The number of ether oxygens (including phenoxy) is 1. The molecule has 0 saturated heterocycles. The summed E-state index contributed by atoms with van der Waals surface area (Å²) in [6.07, 6.45) is 18.9. The van der Waals surface area contributed by atoms with E-state index in [4.69, 9.17) is 16.3 Å². The molecule has 4 aromatic rings. The van der Waals surface area contributed by atoms with Crippen LogP contribution in [-0.2, 0) is 12.8 Å². The van der Waals surface area contributed by atoms with Crippen molar-refractivity contribution in [2.24, 2.45) is 5.41 Å². The number of aromatic nitrogens is 3. The minimum atomic E-state index is -0.605. The van der Waals surface area contributed by atoms with Crippen LogP contribution in [0, 0.1) is 12.0 Å². The lowest BCUT2D eigenvalue weighted by Crippen LogP contribution is -2.20. The third-order valence-electron chi connectivity index (χ3n) is 8.76. The van der Waals surface area contributed by atoms with Gasteiger partial charge in [-0.25, -0.2) is 9.83 Å². The molecule has 0 unspecified atom stereocenters. The van der Waals surface area contributed by atoms with Crippen molar-refractivity contribution in [1.29, 1.82) is 0 Å². The van der Waals surface area contributed by atoms with Crippen molar-refractivity contribution in [3.05, 3.63) is 82.3 Å². The highest BCUT2D eigenvalue weighted by atomic mass is 16.5. The van der Waals surface area contributed by atoms with E-state index in [1.54, 1.807) is 10.7 Å². The van der Waals surface area contributed by atoms with Crippen LogP contribution in [-0.4, -0.2) is 27.0 Å². The molecule has 0 bridgehead atoms. The second-order valence-corrected chi connectivity index (χ2v) is 13.8. The summed E-state index contributed by atoms with van der Waals surface area (Å²) in [4.78, 5) is 21.5. The molecule has 2 aromatic carbocycles. The predicted molar refractivity (Wildman–Crippen MR) is 190 cm³/mol. The number of H-pyrrole nitrogens is 1. The molecular formula is C40H54N4O2. The molecule has 6 heteroatoms. The first-order chi connectivity index (χ1) is 22.2. The number of carbonyl (C=O) groups excluding carboxylic acids is 1. The van der Waals surface area contributed by atoms with Gasteiger partial charge in [0.25, 0.3) is 0 Å². The fourth-order valence-electron chi connectivity index (χ4n) is 5.94. The van der Waals surface area contributed by atoms with Crippen molar-refractivity contribution in [2.75, 3.05) is 6.61 Å². The first kappa shape index (κ1) is 35.0. The smallest absolute Gasteiger partial charge is 0.219 e. The Bertz CT molecular complexity index is 1580. The fourth-order valence-corrected chi connectivity index (χ4v) is 5.94. The van der Waals surface area contributed by atoms with Crippen molar-refractivity contribution in [1.82, 2.24) is 14.6 Å². The van der Waals surface area contributed by atoms with Crippen LogP contribution in [0.3, 0.4) is 0 Å². The molecule has 6 nitrogen and oxygen atoms in total. The molecule has 0 saturated carbocycles. The molecule has 0 fully saturated rings. The maximum atomic E-state index is 13.1. The number of Topliss-reactive ketones (excluding diaryl/α,β-unsaturated/α-hetero) is 1. The molecule has 0 radical (unpaired) electrons. The van der Waals surface area contributed by atoms with Crippen LogP contribution in [0.4, 0.5) is 5.69 Å². The van der Waals surface area contributed by atoms with Gasteiger partial charge in [-0.1, -0.05) is 135 Å². The van der Waals surface area contributed by atoms with Gasteiger partial charge in [0.05, 0.1) is 18.7 Å². The number of ketones is 1. The molecule has 1 N–H and O–H groups in total. The molecule has 2 aromatic heterocycles. The Labute approximate surface area is 276 Å². The highest BCUT2D eigenvalue weighted by Gasteiger charge is 2.30. The fraction of sp³-hybridized carbons (Fsp3) is 0.525. The zero-order chi connectivity index (χ0) is 32.9. The summed E-state index contributed by atoms with van der Waals surface area (Å²) in [6, 6.07) is 15.2. The van der Waals surface area contributed by atoms with E-state index in [0.29, 0.717) is 22.7 Å². The molecule has 2 heterocycles. The maximum Gasteiger partial charge on any atom is 0.219 e. The zero-order valence-electron chi connectivity index (χ0n) is 28.9. The second kappa shape index (κ2) is 17.2. The molecule has 0 amide bonds. The Morgan fingerprint density at radius 1 is 0.870 bits per heavy atom. The van der Waals surface area contributed by atoms with E-state index in [0.717, 1.165) is 37.2 Å². The van der Waals surface area contributed by atoms with Crippen LogP contribution in [0.2, 0.25) is 0 Å². The van der Waals surface area contributed by atoms with Gasteiger partial charge in [-0.05, 0) is 42.0 Å². The van der Waals surface area contributed by atoms with Crippen molar-refractivity contribution in [2.45, 2.75) is 125 Å². The number of carbonyl (C=O) groups is 1. The van der Waals surface area contributed by atoms with Gasteiger partial charge in [-0.3, -0.25) is 14.4 Å². The Balaban J connectivity index is 1.46. The molecule has 4 rings (SSSR count). The van der Waals surface area contributed by atoms with E-state index in [9.17, 15) is 4.79 Å². The molecule has 46 heavy (non-hydrogen) atoms. The highest BCUT2D eigenvalue weighted by Crippen LogP contribution is 2.33. The predicted octanol–water partition coefficient (Wildman–Crippen LogP) is 11.3. The standard InChI is InChI=1S/C40H54N4O2/c1-7-9-11-13-15-17-19-30-22-25-33(35(28-30)46-26-18-16-14-12-10-8-2)27-31-20-23-32(24-21-31)38-42-39-36(37(45)40(3,4)5)34(41-6)29-44(39)43-38/h20-25,28-29H,7-19,26-27H2,1-5H3,(H,42,43). The third-order valence-corrected chi connectivity index (χ3v) is 8.76. The molecule has 246 valence electrons. The molecule has 0 aliphatic heterocycles. The van der Waals surface area contributed by atoms with Crippen molar-refractivity contribution in [3.63, 3.8) is 0 Å². The Hall–Kier alpha value is -3.85. The van der Waals surface area contributed by atoms with Gasteiger partial charge >= 0.3 is 0 Å². The second-order valence-electron chi connectivity index (χ2n) is 13.8. The van der Waals surface area contributed by atoms with Crippen LogP contribution >= 0.6 is 0 Å². The van der Waals surface area contributed by atoms with Gasteiger partial charge in [0.2, 0.25) is 5.69 Å². The number of unbranched alkanes of at least 4 members (excludes halogenated alkanes) is 10. The number of hydrogen-bond donors (Lipinski definition) is 1. The van der Waals surface area contributed by atoms with E-state index >= 15 is 0 Å². The number of rotatable bonds is 19. The number of benzene rings is 2. The monoisotopic (exact) mass is 622 g/mol. The average molecular weight is 623 g/mol. The van der Waals surface area contributed by atoms with Crippen LogP contribution in [0.25, 0.3) is 21.9 Å². The van der Waals surface area contributed by atoms with Crippen LogP contribution in [0.1, 0.15) is 139 Å². The quantitative estimate of drug-likeness (QED) is 0.0643. The molecular weight excluding hydrogens is 568 g/mol. The minimum absolute atomic E-state index is 0.0816. The van der Waals surface area contributed by atoms with Crippen LogP contribution in [0.5, 0.6) is 5.75 Å². The largest absolute Gasteiger partial charge is 0.493 e. The SMILES string of the molecule is [C-]#[N+]c1cn2[nH]c(-c3ccc(Cc4ccc(CCCCCCCC)cc4OCCCCCCCC)cc3)nc2c1C(=O)C(C)(C)C. The minimum Gasteiger partial charge on any atom is -0.493 e. The lowest BCUT2D eigenvalue weighted by Gasteiger charge is -2.15. The summed E-state index contributed by atoms with van der Waals surface area (Å²) in [7, 11) is 0. The summed E-state index contributed by atoms with van der Waals surface area (Å²) in [5.74, 6) is 1.61. The third kappa shape index (κ3) is 9.58. The lowest BCUT2D eigenvalue weighted by molar-refractivity contribution is 0.0861. The summed E-state index contributed by atoms with van der Waals surface area (Å²) >= 11 is 0. The van der Waals surface area contributed by atoms with Crippen molar-refractivity contribution < 1.29 is 9.53 Å². The normalized spacial score (nSPS) is 11.7. The van der Waals surface area contributed by atoms with Crippen molar-refractivity contribution in [3.8, 4) is 17.1 Å². The Morgan fingerprint density at radius 2 is 1.50 bits per heavy atom. The Kier molecular flexibility index (Phi) is 13.1. The summed E-state index contributed by atoms with van der Waals surface area (Å²) in [5, 5.41) is 3.26. The van der Waals surface area contributed by atoms with E-state index in [1.165, 1.54) is 87.3 Å². The molecule has 0 atom stereocenters. The van der Waals surface area contributed by atoms with Gasteiger partial charge in [-0.2, -0.15) is 0 Å². The van der Waals surface area contributed by atoms with Crippen LogP contribution in [0.15, 0.2) is 48.7 Å². The Morgan fingerprint density at radius 3 is 2.15 bits per heavy atom. The van der Waals surface area contributed by atoms with Gasteiger partial charge in [0, 0.05) is 23.6 Å². The first-order valence-corrected chi connectivity index (χ1v) is 17.6. The number of nitrogens with one attached hydrogen (secondary N) is 1. The average Bonchev–Trinajstić information content (AvgIpc) is 3.61. The van der Waals surface area contributed by atoms with Gasteiger partial charge in [0.1, 0.15) is 5.75 Å². The molecule has 0 aliphatic rings. The summed E-state index contributed by atoms with van der Waals surface area (Å²) in [6.45, 7) is 18.5. The van der Waals surface area contributed by atoms with Gasteiger partial charge in [-0.15, -0.1) is 0 Å². The topological polar surface area (TPSA) is 63.8 Å². The number of nitrogens with zero attached hydrogens (tertiary/aromatic N) is 3. The zero-order valence-corrected chi connectivity index (χ0v) is 28.9.